The van der Waals surface area contributed by atoms with Crippen LogP contribution in [0.2, 0.25) is 0 Å². The molecular formula is C12H11BrF4N2O. The number of amides is 1. The number of hydrogen-bond donors (Lipinski definition) is 2. The van der Waals surface area contributed by atoms with Crippen LogP contribution in [0.3, 0.4) is 0 Å². The van der Waals surface area contributed by atoms with E-state index < -0.39 is 29.9 Å². The van der Waals surface area contributed by atoms with Crippen LogP contribution >= 0.6 is 15.9 Å². The van der Waals surface area contributed by atoms with Crippen LogP contribution in [-0.4, -0.2) is 25.2 Å². The maximum absolute atomic E-state index is 13.3. The van der Waals surface area contributed by atoms with Crippen molar-refractivity contribution in [1.29, 1.82) is 0 Å². The molecule has 3 nitrogen and oxygen atoms in total. The first-order chi connectivity index (χ1) is 9.26. The average Bonchev–Trinajstić information content (AvgIpc) is 2.84. The van der Waals surface area contributed by atoms with Gasteiger partial charge in [-0.05, 0) is 47.1 Å². The van der Waals surface area contributed by atoms with Crippen molar-refractivity contribution in [1.82, 2.24) is 5.32 Å². The van der Waals surface area contributed by atoms with Crippen LogP contribution in [0.15, 0.2) is 22.7 Å². The van der Waals surface area contributed by atoms with E-state index in [2.05, 4.69) is 26.6 Å². The smallest absolute Gasteiger partial charge is 0.325 e. The van der Waals surface area contributed by atoms with Gasteiger partial charge < -0.3 is 10.6 Å². The van der Waals surface area contributed by atoms with E-state index in [9.17, 15) is 22.4 Å². The molecule has 0 aromatic heterocycles. The number of rotatable bonds is 2. The first-order valence-corrected chi connectivity index (χ1v) is 6.59. The SMILES string of the molecule is O=C(Nc1ccc(Br)c(F)c1)C1(C(F)(F)F)CCNC1. The van der Waals surface area contributed by atoms with E-state index in [1.165, 1.54) is 12.1 Å². The largest absolute Gasteiger partial charge is 0.404 e. The third-order valence-corrected chi connectivity index (χ3v) is 3.95. The molecule has 1 fully saturated rings. The standard InChI is InChI=1S/C12H11BrF4N2O/c13-8-2-1-7(5-9(8)14)19-10(20)11(12(15,16)17)3-4-18-6-11/h1-2,5,18H,3-4,6H2,(H,19,20). The third kappa shape index (κ3) is 2.67. The van der Waals surface area contributed by atoms with Gasteiger partial charge in [-0.3, -0.25) is 4.79 Å². The summed E-state index contributed by atoms with van der Waals surface area (Å²) in [4.78, 5) is 12.0. The Kier molecular flexibility index (Phi) is 4.06. The molecule has 110 valence electrons. The Morgan fingerprint density at radius 1 is 1.40 bits per heavy atom. The molecule has 1 unspecified atom stereocenters. The highest BCUT2D eigenvalue weighted by molar-refractivity contribution is 9.10. The van der Waals surface area contributed by atoms with E-state index in [1.807, 2.05) is 0 Å². The molecule has 0 bridgehead atoms. The maximum atomic E-state index is 13.3. The van der Waals surface area contributed by atoms with Gasteiger partial charge in [0.05, 0.1) is 4.47 Å². The second-order valence-electron chi connectivity index (χ2n) is 4.59. The van der Waals surface area contributed by atoms with Crippen LogP contribution in [-0.2, 0) is 4.79 Å². The molecule has 1 saturated heterocycles. The molecule has 1 amide bonds. The molecule has 1 aliphatic rings. The Morgan fingerprint density at radius 2 is 2.10 bits per heavy atom. The summed E-state index contributed by atoms with van der Waals surface area (Å²) in [7, 11) is 0. The van der Waals surface area contributed by atoms with E-state index in [0.717, 1.165) is 6.07 Å². The number of alkyl halides is 3. The molecule has 0 spiro atoms. The van der Waals surface area contributed by atoms with Crippen molar-refractivity contribution in [2.45, 2.75) is 12.6 Å². The number of anilines is 1. The van der Waals surface area contributed by atoms with Crippen LogP contribution in [0.5, 0.6) is 0 Å². The second-order valence-corrected chi connectivity index (χ2v) is 5.44. The lowest BCUT2D eigenvalue weighted by molar-refractivity contribution is -0.213. The third-order valence-electron chi connectivity index (χ3n) is 3.31. The fourth-order valence-electron chi connectivity index (χ4n) is 2.08. The minimum absolute atomic E-state index is 0.00813. The molecule has 0 aliphatic carbocycles. The zero-order valence-corrected chi connectivity index (χ0v) is 11.7. The minimum atomic E-state index is -4.66. The fourth-order valence-corrected chi connectivity index (χ4v) is 2.33. The number of carbonyl (C=O) groups is 1. The van der Waals surface area contributed by atoms with E-state index in [0.29, 0.717) is 0 Å². The summed E-state index contributed by atoms with van der Waals surface area (Å²) in [6, 6.07) is 3.62. The monoisotopic (exact) mass is 354 g/mol. The van der Waals surface area contributed by atoms with Gasteiger partial charge in [0.25, 0.3) is 0 Å². The molecule has 0 radical (unpaired) electrons. The van der Waals surface area contributed by atoms with Crippen molar-refractivity contribution in [2.24, 2.45) is 5.41 Å². The minimum Gasteiger partial charge on any atom is -0.325 e. The molecule has 2 N–H and O–H groups in total. The van der Waals surface area contributed by atoms with Crippen molar-refractivity contribution < 1.29 is 22.4 Å². The normalized spacial score (nSPS) is 22.9. The Balaban J connectivity index is 2.23. The predicted molar refractivity (Wildman–Crippen MR) is 68.7 cm³/mol. The van der Waals surface area contributed by atoms with Gasteiger partial charge in [0.2, 0.25) is 5.91 Å². The van der Waals surface area contributed by atoms with Crippen LogP contribution < -0.4 is 10.6 Å². The highest BCUT2D eigenvalue weighted by Crippen LogP contribution is 2.43. The highest BCUT2D eigenvalue weighted by Gasteiger charge is 2.61. The molecule has 1 heterocycles. The number of halogens is 5. The molecule has 20 heavy (non-hydrogen) atoms. The molecule has 1 aliphatic heterocycles. The van der Waals surface area contributed by atoms with Gasteiger partial charge in [-0.15, -0.1) is 0 Å². The number of nitrogens with one attached hydrogen (secondary N) is 2. The molecule has 8 heteroatoms. The van der Waals surface area contributed by atoms with Gasteiger partial charge in [0.15, 0.2) is 5.41 Å². The summed E-state index contributed by atoms with van der Waals surface area (Å²) in [6.45, 7) is -0.358. The number of hydrogen-bond acceptors (Lipinski definition) is 2. The van der Waals surface area contributed by atoms with Crippen molar-refractivity contribution in [2.75, 3.05) is 18.4 Å². The van der Waals surface area contributed by atoms with E-state index >= 15 is 0 Å². The Bertz CT molecular complexity index is 527. The van der Waals surface area contributed by atoms with Crippen LogP contribution in [0.25, 0.3) is 0 Å². The Morgan fingerprint density at radius 3 is 2.60 bits per heavy atom. The summed E-state index contributed by atoms with van der Waals surface area (Å²) in [5, 5.41) is 4.68. The zero-order valence-electron chi connectivity index (χ0n) is 10.2. The Hall–Kier alpha value is -1.15. The van der Waals surface area contributed by atoms with Crippen molar-refractivity contribution in [3.63, 3.8) is 0 Å². The van der Waals surface area contributed by atoms with Gasteiger partial charge >= 0.3 is 6.18 Å². The van der Waals surface area contributed by atoms with Crippen molar-refractivity contribution >= 4 is 27.5 Å². The lowest BCUT2D eigenvalue weighted by Gasteiger charge is -2.29. The quantitative estimate of drug-likeness (QED) is 0.801. The summed E-state index contributed by atoms with van der Waals surface area (Å²) >= 11 is 2.93. The van der Waals surface area contributed by atoms with Gasteiger partial charge in [0.1, 0.15) is 5.82 Å². The van der Waals surface area contributed by atoms with Gasteiger partial charge in [-0.25, -0.2) is 4.39 Å². The van der Waals surface area contributed by atoms with Crippen LogP contribution in [0.1, 0.15) is 6.42 Å². The summed E-state index contributed by atoms with van der Waals surface area (Å²) in [6.07, 6.45) is -4.99. The van der Waals surface area contributed by atoms with Gasteiger partial charge in [0, 0.05) is 12.2 Å². The lowest BCUT2D eigenvalue weighted by atomic mass is 9.85. The molecule has 1 atom stereocenters. The molecule has 1 aromatic rings. The highest BCUT2D eigenvalue weighted by atomic mass is 79.9. The van der Waals surface area contributed by atoms with Gasteiger partial charge in [-0.1, -0.05) is 0 Å². The van der Waals surface area contributed by atoms with Crippen molar-refractivity contribution in [3.05, 3.63) is 28.5 Å². The van der Waals surface area contributed by atoms with Crippen LogP contribution in [0.4, 0.5) is 23.2 Å². The van der Waals surface area contributed by atoms with E-state index in [4.69, 9.17) is 0 Å². The first-order valence-electron chi connectivity index (χ1n) is 5.80. The van der Waals surface area contributed by atoms with Crippen molar-refractivity contribution in [3.8, 4) is 0 Å². The van der Waals surface area contributed by atoms with E-state index in [1.54, 1.807) is 0 Å². The maximum Gasteiger partial charge on any atom is 0.404 e. The number of carbonyl (C=O) groups excluding carboxylic acids is 1. The lowest BCUT2D eigenvalue weighted by Crippen LogP contribution is -2.49. The number of benzene rings is 1. The van der Waals surface area contributed by atoms with Crippen LogP contribution in [0, 0.1) is 11.2 Å². The summed E-state index contributed by atoms with van der Waals surface area (Å²) in [5.74, 6) is -1.83. The molecule has 1 aromatic carbocycles. The second kappa shape index (κ2) is 5.33. The summed E-state index contributed by atoms with van der Waals surface area (Å²) < 4.78 is 52.9. The van der Waals surface area contributed by atoms with E-state index in [-0.39, 0.29) is 23.1 Å². The fraction of sp³-hybridized carbons (Fsp3) is 0.417. The molecule has 0 saturated carbocycles. The summed E-state index contributed by atoms with van der Waals surface area (Å²) in [5.41, 5.74) is -2.47. The van der Waals surface area contributed by atoms with Gasteiger partial charge in [-0.2, -0.15) is 13.2 Å². The molecule has 2 rings (SSSR count). The zero-order chi connectivity index (χ0) is 15.0. The molecular weight excluding hydrogens is 344 g/mol. The average molecular weight is 355 g/mol. The Labute approximate surface area is 120 Å². The first kappa shape index (κ1) is 15.2. The topological polar surface area (TPSA) is 41.1 Å². The predicted octanol–water partition coefficient (Wildman–Crippen LogP) is 3.07.